The third kappa shape index (κ3) is 2.96. The minimum Gasteiger partial charge on any atom is -0.301 e. The molecule has 0 saturated carbocycles. The van der Waals surface area contributed by atoms with Crippen LogP contribution in [0.1, 0.15) is 20.8 Å². The molecule has 0 amide bonds. The minimum atomic E-state index is 0.811. The standard InChI is InChI=1S/C13H27N3/c1-4-14-10-13(11-14)16-7-5-15(6-8-16)9-12(2)3/h12-13H,4-11H2,1-3H3. The highest BCUT2D eigenvalue weighted by Gasteiger charge is 2.32. The second-order valence-corrected chi connectivity index (χ2v) is 5.74. The summed E-state index contributed by atoms with van der Waals surface area (Å²) in [4.78, 5) is 7.85. The van der Waals surface area contributed by atoms with Gasteiger partial charge in [-0.15, -0.1) is 0 Å². The van der Waals surface area contributed by atoms with E-state index in [4.69, 9.17) is 0 Å². The van der Waals surface area contributed by atoms with Crippen LogP contribution in [0.2, 0.25) is 0 Å². The molecule has 2 fully saturated rings. The summed E-state index contributed by atoms with van der Waals surface area (Å²) < 4.78 is 0. The van der Waals surface area contributed by atoms with Crippen molar-refractivity contribution in [2.75, 3.05) is 52.4 Å². The average molecular weight is 225 g/mol. The summed E-state index contributed by atoms with van der Waals surface area (Å²) in [6.07, 6.45) is 0. The molecule has 0 N–H and O–H groups in total. The van der Waals surface area contributed by atoms with Crippen LogP contribution in [-0.4, -0.2) is 73.1 Å². The summed E-state index contributed by atoms with van der Waals surface area (Å²) in [5, 5.41) is 0. The highest BCUT2D eigenvalue weighted by Crippen LogP contribution is 2.16. The third-order valence-electron chi connectivity index (χ3n) is 3.93. The van der Waals surface area contributed by atoms with Gasteiger partial charge in [-0.25, -0.2) is 0 Å². The predicted molar refractivity (Wildman–Crippen MR) is 68.8 cm³/mol. The zero-order valence-corrected chi connectivity index (χ0v) is 11.2. The number of likely N-dealkylation sites (tertiary alicyclic amines) is 1. The number of likely N-dealkylation sites (N-methyl/N-ethyl adjacent to an activating group) is 1. The topological polar surface area (TPSA) is 9.72 Å². The van der Waals surface area contributed by atoms with Gasteiger partial charge < -0.3 is 9.80 Å². The zero-order chi connectivity index (χ0) is 11.5. The first-order chi connectivity index (χ1) is 7.69. The van der Waals surface area contributed by atoms with Gasteiger partial charge in [0, 0.05) is 51.9 Å². The summed E-state index contributed by atoms with van der Waals surface area (Å²) in [6.45, 7) is 17.1. The van der Waals surface area contributed by atoms with Crippen LogP contribution in [0.3, 0.4) is 0 Å². The van der Waals surface area contributed by atoms with Gasteiger partial charge in [-0.1, -0.05) is 20.8 Å². The molecular formula is C13H27N3. The second kappa shape index (κ2) is 5.48. The van der Waals surface area contributed by atoms with Crippen molar-refractivity contribution in [2.24, 2.45) is 5.92 Å². The number of rotatable bonds is 4. The van der Waals surface area contributed by atoms with Crippen molar-refractivity contribution in [3.8, 4) is 0 Å². The van der Waals surface area contributed by atoms with Gasteiger partial charge in [-0.2, -0.15) is 0 Å². The Morgan fingerprint density at radius 3 is 2.12 bits per heavy atom. The smallest absolute Gasteiger partial charge is 0.0351 e. The van der Waals surface area contributed by atoms with Gasteiger partial charge >= 0.3 is 0 Å². The lowest BCUT2D eigenvalue weighted by Crippen LogP contribution is -2.62. The molecular weight excluding hydrogens is 198 g/mol. The summed E-state index contributed by atoms with van der Waals surface area (Å²) in [5.74, 6) is 0.811. The van der Waals surface area contributed by atoms with E-state index >= 15 is 0 Å². The Labute approximate surface area is 100 Å². The first kappa shape index (κ1) is 12.3. The normalized spacial score (nSPS) is 26.2. The van der Waals surface area contributed by atoms with Gasteiger partial charge in [0.15, 0.2) is 0 Å². The molecule has 0 aromatic rings. The molecule has 0 spiro atoms. The Bertz CT molecular complexity index is 203. The van der Waals surface area contributed by atoms with E-state index in [9.17, 15) is 0 Å². The molecule has 2 aliphatic heterocycles. The number of hydrogen-bond donors (Lipinski definition) is 0. The Morgan fingerprint density at radius 2 is 1.62 bits per heavy atom. The van der Waals surface area contributed by atoms with E-state index in [1.54, 1.807) is 0 Å². The fourth-order valence-corrected chi connectivity index (χ4v) is 2.86. The molecule has 2 rings (SSSR count). The van der Waals surface area contributed by atoms with E-state index in [1.807, 2.05) is 0 Å². The molecule has 94 valence electrons. The first-order valence-electron chi connectivity index (χ1n) is 6.87. The van der Waals surface area contributed by atoms with Crippen LogP contribution >= 0.6 is 0 Å². The van der Waals surface area contributed by atoms with Crippen LogP contribution < -0.4 is 0 Å². The maximum absolute atomic E-state index is 2.70. The van der Waals surface area contributed by atoms with E-state index < -0.39 is 0 Å². The quantitative estimate of drug-likeness (QED) is 0.706. The van der Waals surface area contributed by atoms with Crippen molar-refractivity contribution in [2.45, 2.75) is 26.8 Å². The SMILES string of the molecule is CCN1CC(N2CCN(CC(C)C)CC2)C1. The molecule has 2 heterocycles. The molecule has 3 nitrogen and oxygen atoms in total. The molecule has 0 aliphatic carbocycles. The molecule has 0 atom stereocenters. The van der Waals surface area contributed by atoms with Gasteiger partial charge in [-0.3, -0.25) is 4.90 Å². The van der Waals surface area contributed by atoms with E-state index in [2.05, 4.69) is 35.5 Å². The van der Waals surface area contributed by atoms with E-state index in [0.717, 1.165) is 12.0 Å². The van der Waals surface area contributed by atoms with Gasteiger partial charge in [0.2, 0.25) is 0 Å². The van der Waals surface area contributed by atoms with Crippen LogP contribution in [0.4, 0.5) is 0 Å². The minimum absolute atomic E-state index is 0.811. The monoisotopic (exact) mass is 225 g/mol. The van der Waals surface area contributed by atoms with Gasteiger partial charge in [0.05, 0.1) is 0 Å². The summed E-state index contributed by atoms with van der Waals surface area (Å²) in [6, 6.07) is 0.862. The maximum Gasteiger partial charge on any atom is 0.0351 e. The predicted octanol–water partition coefficient (Wildman–Crippen LogP) is 0.964. The zero-order valence-electron chi connectivity index (χ0n) is 11.2. The van der Waals surface area contributed by atoms with E-state index in [0.29, 0.717) is 0 Å². The fraction of sp³-hybridized carbons (Fsp3) is 1.00. The Morgan fingerprint density at radius 1 is 1.00 bits per heavy atom. The molecule has 16 heavy (non-hydrogen) atoms. The number of piperazine rings is 1. The maximum atomic E-state index is 2.70. The Kier molecular flexibility index (Phi) is 4.22. The van der Waals surface area contributed by atoms with Crippen LogP contribution in [0.5, 0.6) is 0 Å². The van der Waals surface area contributed by atoms with Crippen LogP contribution in [-0.2, 0) is 0 Å². The molecule has 2 aliphatic rings. The lowest BCUT2D eigenvalue weighted by molar-refractivity contribution is 0.00592. The van der Waals surface area contributed by atoms with Gasteiger partial charge in [-0.05, 0) is 12.5 Å². The van der Waals surface area contributed by atoms with Crippen molar-refractivity contribution >= 4 is 0 Å². The van der Waals surface area contributed by atoms with E-state index in [-0.39, 0.29) is 0 Å². The molecule has 0 bridgehead atoms. The molecule has 0 aromatic carbocycles. The van der Waals surface area contributed by atoms with Crippen molar-refractivity contribution < 1.29 is 0 Å². The van der Waals surface area contributed by atoms with Gasteiger partial charge in [0.1, 0.15) is 0 Å². The molecule has 3 heteroatoms. The van der Waals surface area contributed by atoms with Crippen LogP contribution in [0.15, 0.2) is 0 Å². The Hall–Kier alpha value is -0.120. The van der Waals surface area contributed by atoms with Crippen molar-refractivity contribution in [3.05, 3.63) is 0 Å². The lowest BCUT2D eigenvalue weighted by Gasteiger charge is -2.48. The third-order valence-corrected chi connectivity index (χ3v) is 3.93. The lowest BCUT2D eigenvalue weighted by atomic mass is 10.1. The molecule has 0 unspecified atom stereocenters. The van der Waals surface area contributed by atoms with Crippen LogP contribution in [0.25, 0.3) is 0 Å². The summed E-state index contributed by atoms with van der Waals surface area (Å²) in [5.41, 5.74) is 0. The summed E-state index contributed by atoms with van der Waals surface area (Å²) in [7, 11) is 0. The highest BCUT2D eigenvalue weighted by molar-refractivity contribution is 4.89. The molecule has 2 saturated heterocycles. The Balaban J connectivity index is 1.66. The second-order valence-electron chi connectivity index (χ2n) is 5.74. The van der Waals surface area contributed by atoms with Crippen LogP contribution in [0, 0.1) is 5.92 Å². The average Bonchev–Trinajstić information content (AvgIpc) is 2.18. The largest absolute Gasteiger partial charge is 0.301 e. The fourth-order valence-electron chi connectivity index (χ4n) is 2.86. The van der Waals surface area contributed by atoms with Crippen molar-refractivity contribution in [1.82, 2.24) is 14.7 Å². The van der Waals surface area contributed by atoms with E-state index in [1.165, 1.54) is 52.4 Å². The van der Waals surface area contributed by atoms with Crippen molar-refractivity contribution in [1.29, 1.82) is 0 Å². The molecule has 0 aromatic heterocycles. The molecule has 0 radical (unpaired) electrons. The summed E-state index contributed by atoms with van der Waals surface area (Å²) >= 11 is 0. The van der Waals surface area contributed by atoms with Crippen molar-refractivity contribution in [3.63, 3.8) is 0 Å². The number of hydrogen-bond acceptors (Lipinski definition) is 3. The highest BCUT2D eigenvalue weighted by atomic mass is 15.3. The van der Waals surface area contributed by atoms with Gasteiger partial charge in [0.25, 0.3) is 0 Å². The number of nitrogens with zero attached hydrogens (tertiary/aromatic N) is 3. The first-order valence-corrected chi connectivity index (χ1v) is 6.87.